The molecule has 0 spiro atoms. The Hall–Kier alpha value is -1.60. The topological polar surface area (TPSA) is 58.6 Å². The fraction of sp³-hybridized carbons (Fsp3) is 0.556. The first kappa shape index (κ1) is 19.7. The molecule has 0 aromatic heterocycles. The quantitative estimate of drug-likeness (QED) is 0.752. The third-order valence-corrected chi connectivity index (χ3v) is 5.33. The summed E-state index contributed by atoms with van der Waals surface area (Å²) in [5, 5.41) is 2.52. The van der Waals surface area contributed by atoms with Crippen LogP contribution in [-0.2, 0) is 14.3 Å². The van der Waals surface area contributed by atoms with E-state index in [1.54, 1.807) is 24.1 Å². The average molecular weight is 368 g/mol. The maximum atomic E-state index is 13.6. The maximum Gasteiger partial charge on any atom is 0.243 e. The molecule has 1 aliphatic heterocycles. The highest BCUT2D eigenvalue weighted by Crippen LogP contribution is 2.42. The molecule has 0 aliphatic carbocycles. The minimum atomic E-state index is -0.546. The van der Waals surface area contributed by atoms with E-state index < -0.39 is 6.04 Å². The van der Waals surface area contributed by atoms with Gasteiger partial charge in [0.05, 0.1) is 0 Å². The van der Waals surface area contributed by atoms with Gasteiger partial charge in [-0.05, 0) is 24.1 Å². The van der Waals surface area contributed by atoms with E-state index >= 15 is 0 Å². The summed E-state index contributed by atoms with van der Waals surface area (Å²) in [5.41, 5.74) is 0.702. The highest BCUT2D eigenvalue weighted by atomic mass is 32.2. The molecular weight excluding hydrogens is 343 g/mol. The van der Waals surface area contributed by atoms with E-state index in [2.05, 4.69) is 5.32 Å². The zero-order chi connectivity index (χ0) is 18.4. The molecular formula is C18H25FN2O3S. The van der Waals surface area contributed by atoms with Gasteiger partial charge in [-0.1, -0.05) is 26.0 Å². The van der Waals surface area contributed by atoms with Crippen LogP contribution in [-0.4, -0.2) is 48.8 Å². The van der Waals surface area contributed by atoms with Crippen molar-refractivity contribution in [3.05, 3.63) is 35.6 Å². The number of amides is 2. The van der Waals surface area contributed by atoms with Crippen LogP contribution in [0.25, 0.3) is 0 Å². The minimum absolute atomic E-state index is 0.101. The van der Waals surface area contributed by atoms with E-state index in [0.717, 1.165) is 0 Å². The molecule has 1 fully saturated rings. The number of nitrogens with one attached hydrogen (secondary N) is 1. The van der Waals surface area contributed by atoms with Crippen molar-refractivity contribution in [3.63, 3.8) is 0 Å². The smallest absolute Gasteiger partial charge is 0.243 e. The molecule has 2 rings (SSSR count). The zero-order valence-electron chi connectivity index (χ0n) is 14.8. The molecule has 2 unspecified atom stereocenters. The number of carbonyl (C=O) groups is 2. The largest absolute Gasteiger partial charge is 0.385 e. The Labute approximate surface area is 152 Å². The number of thioether (sulfide) groups is 1. The molecule has 1 aliphatic rings. The lowest BCUT2D eigenvalue weighted by molar-refractivity contribution is -0.142. The SMILES string of the molecule is COCCCNC(=O)C1CSC(c2cccc(F)c2)N1C(=O)C(C)C. The van der Waals surface area contributed by atoms with Gasteiger partial charge in [-0.15, -0.1) is 11.8 Å². The predicted molar refractivity (Wildman–Crippen MR) is 96.6 cm³/mol. The summed E-state index contributed by atoms with van der Waals surface area (Å²) in [6.45, 7) is 4.69. The van der Waals surface area contributed by atoms with E-state index in [1.165, 1.54) is 23.9 Å². The van der Waals surface area contributed by atoms with Crippen LogP contribution in [0.2, 0.25) is 0 Å². The normalized spacial score (nSPS) is 20.1. The molecule has 0 bridgehead atoms. The van der Waals surface area contributed by atoms with Crippen molar-refractivity contribution in [2.45, 2.75) is 31.7 Å². The van der Waals surface area contributed by atoms with Crippen molar-refractivity contribution in [2.24, 2.45) is 5.92 Å². The molecule has 0 radical (unpaired) electrons. The first-order valence-corrected chi connectivity index (χ1v) is 9.46. The summed E-state index contributed by atoms with van der Waals surface area (Å²) in [6.07, 6.45) is 0.716. The molecule has 1 aromatic rings. The highest BCUT2D eigenvalue weighted by Gasteiger charge is 2.42. The number of hydrogen-bond acceptors (Lipinski definition) is 4. The Morgan fingerprint density at radius 1 is 1.44 bits per heavy atom. The Morgan fingerprint density at radius 3 is 2.84 bits per heavy atom. The van der Waals surface area contributed by atoms with Crippen LogP contribution >= 0.6 is 11.8 Å². The summed E-state index contributed by atoms with van der Waals surface area (Å²) < 4.78 is 18.6. The first-order chi connectivity index (χ1) is 12.0. The van der Waals surface area contributed by atoms with Crippen molar-refractivity contribution >= 4 is 23.6 Å². The number of benzene rings is 1. The van der Waals surface area contributed by atoms with Crippen LogP contribution in [0.3, 0.4) is 0 Å². The van der Waals surface area contributed by atoms with E-state index in [1.807, 2.05) is 13.8 Å². The molecule has 1 aromatic carbocycles. The van der Waals surface area contributed by atoms with Gasteiger partial charge in [0.15, 0.2) is 0 Å². The standard InChI is InChI=1S/C18H25FN2O3S/c1-12(2)17(23)21-15(16(22)20-8-5-9-24-3)11-25-18(21)13-6-4-7-14(19)10-13/h4,6-7,10,12,15,18H,5,8-9,11H2,1-3H3,(H,20,22). The van der Waals surface area contributed by atoms with Gasteiger partial charge >= 0.3 is 0 Å². The fourth-order valence-electron chi connectivity index (χ4n) is 2.74. The van der Waals surface area contributed by atoms with Crippen LogP contribution in [0.15, 0.2) is 24.3 Å². The maximum absolute atomic E-state index is 13.6. The predicted octanol–water partition coefficient (Wildman–Crippen LogP) is 2.58. The van der Waals surface area contributed by atoms with Gasteiger partial charge in [-0.25, -0.2) is 4.39 Å². The molecule has 25 heavy (non-hydrogen) atoms. The second-order valence-corrected chi connectivity index (χ2v) is 7.41. The lowest BCUT2D eigenvalue weighted by Gasteiger charge is -2.30. The van der Waals surface area contributed by atoms with Crippen molar-refractivity contribution < 1.29 is 18.7 Å². The number of nitrogens with zero attached hydrogens (tertiary/aromatic N) is 1. The average Bonchev–Trinajstić information content (AvgIpc) is 3.02. The van der Waals surface area contributed by atoms with Gasteiger partial charge in [0.1, 0.15) is 17.2 Å². The second-order valence-electron chi connectivity index (χ2n) is 6.29. The zero-order valence-corrected chi connectivity index (χ0v) is 15.6. The van der Waals surface area contributed by atoms with Gasteiger partial charge in [0, 0.05) is 31.9 Å². The summed E-state index contributed by atoms with van der Waals surface area (Å²) in [4.78, 5) is 26.9. The van der Waals surface area contributed by atoms with Crippen molar-refractivity contribution in [1.82, 2.24) is 10.2 Å². The van der Waals surface area contributed by atoms with E-state index in [0.29, 0.717) is 30.9 Å². The monoisotopic (exact) mass is 368 g/mol. The van der Waals surface area contributed by atoms with Gasteiger partial charge in [-0.3, -0.25) is 9.59 Å². The molecule has 138 valence electrons. The van der Waals surface area contributed by atoms with Gasteiger partial charge in [0.2, 0.25) is 11.8 Å². The van der Waals surface area contributed by atoms with E-state index in [4.69, 9.17) is 4.74 Å². The van der Waals surface area contributed by atoms with Crippen LogP contribution in [0.4, 0.5) is 4.39 Å². The van der Waals surface area contributed by atoms with Crippen molar-refractivity contribution in [3.8, 4) is 0 Å². The van der Waals surface area contributed by atoms with Gasteiger partial charge in [0.25, 0.3) is 0 Å². The molecule has 1 heterocycles. The Balaban J connectivity index is 2.17. The lowest BCUT2D eigenvalue weighted by Crippen LogP contribution is -2.49. The third-order valence-electron chi connectivity index (χ3n) is 4.01. The highest BCUT2D eigenvalue weighted by molar-refractivity contribution is 7.99. The number of hydrogen-bond donors (Lipinski definition) is 1. The third kappa shape index (κ3) is 4.95. The van der Waals surface area contributed by atoms with Crippen LogP contribution in [0.1, 0.15) is 31.2 Å². The summed E-state index contributed by atoms with van der Waals surface area (Å²) >= 11 is 1.49. The molecule has 7 heteroatoms. The molecule has 5 nitrogen and oxygen atoms in total. The van der Waals surface area contributed by atoms with Crippen molar-refractivity contribution in [2.75, 3.05) is 26.0 Å². The van der Waals surface area contributed by atoms with Gasteiger partial charge < -0.3 is 15.0 Å². The van der Waals surface area contributed by atoms with Gasteiger partial charge in [-0.2, -0.15) is 0 Å². The number of halogens is 1. The molecule has 1 N–H and O–H groups in total. The molecule has 0 saturated carbocycles. The summed E-state index contributed by atoms with van der Waals surface area (Å²) in [7, 11) is 1.61. The number of rotatable bonds is 7. The first-order valence-electron chi connectivity index (χ1n) is 8.41. The van der Waals surface area contributed by atoms with E-state index in [9.17, 15) is 14.0 Å². The lowest BCUT2D eigenvalue weighted by atomic mass is 10.1. The van der Waals surface area contributed by atoms with Crippen LogP contribution in [0, 0.1) is 11.7 Å². The number of methoxy groups -OCH3 is 1. The molecule has 2 amide bonds. The van der Waals surface area contributed by atoms with Crippen molar-refractivity contribution in [1.29, 1.82) is 0 Å². The van der Waals surface area contributed by atoms with E-state index in [-0.39, 0.29) is 28.9 Å². The molecule has 2 atom stereocenters. The number of carbonyl (C=O) groups excluding carboxylic acids is 2. The van der Waals surface area contributed by atoms with Crippen LogP contribution in [0.5, 0.6) is 0 Å². The second kappa shape index (κ2) is 9.20. The Bertz CT molecular complexity index is 612. The number of ether oxygens (including phenoxy) is 1. The Morgan fingerprint density at radius 2 is 2.20 bits per heavy atom. The summed E-state index contributed by atoms with van der Waals surface area (Å²) in [5.74, 6) is -0.357. The summed E-state index contributed by atoms with van der Waals surface area (Å²) in [6, 6.07) is 5.67. The fourth-order valence-corrected chi connectivity index (χ4v) is 4.17. The minimum Gasteiger partial charge on any atom is -0.385 e. The Kier molecular flexibility index (Phi) is 7.25. The van der Waals surface area contributed by atoms with Crippen LogP contribution < -0.4 is 5.32 Å². The molecule has 1 saturated heterocycles.